The highest BCUT2D eigenvalue weighted by molar-refractivity contribution is 5.81. The van der Waals surface area contributed by atoms with E-state index >= 15 is 0 Å². The minimum absolute atomic E-state index is 0.0642. The Bertz CT molecular complexity index is 486. The fourth-order valence-electron chi connectivity index (χ4n) is 2.41. The van der Waals surface area contributed by atoms with E-state index in [4.69, 9.17) is 9.47 Å². The third-order valence-corrected chi connectivity index (χ3v) is 3.50. The van der Waals surface area contributed by atoms with Crippen molar-refractivity contribution in [2.24, 2.45) is 0 Å². The van der Waals surface area contributed by atoms with E-state index in [1.807, 2.05) is 12.1 Å². The largest absolute Gasteiger partial charge is 0.466 e. The van der Waals surface area contributed by atoms with E-state index in [-0.39, 0.29) is 24.4 Å². The Morgan fingerprint density at radius 1 is 1.50 bits per heavy atom. The molecular formula is C16H22N2O4. The maximum atomic E-state index is 12.5. The maximum Gasteiger partial charge on any atom is 0.307 e. The van der Waals surface area contributed by atoms with Crippen LogP contribution in [0.15, 0.2) is 24.5 Å². The van der Waals surface area contributed by atoms with Crippen molar-refractivity contribution >= 4 is 11.9 Å². The highest BCUT2D eigenvalue weighted by Crippen LogP contribution is 2.16. The zero-order valence-electron chi connectivity index (χ0n) is 12.9. The second kappa shape index (κ2) is 8.48. The Balaban J connectivity index is 1.99. The molecule has 1 amide bonds. The molecule has 0 saturated carbocycles. The fourth-order valence-corrected chi connectivity index (χ4v) is 2.41. The van der Waals surface area contributed by atoms with Crippen molar-refractivity contribution in [1.82, 2.24) is 9.88 Å². The molecule has 0 aromatic carbocycles. The molecule has 0 aliphatic carbocycles. The zero-order chi connectivity index (χ0) is 15.8. The molecule has 0 N–H and O–H groups in total. The van der Waals surface area contributed by atoms with Gasteiger partial charge in [0.15, 0.2) is 0 Å². The molecule has 1 aliphatic heterocycles. The summed E-state index contributed by atoms with van der Waals surface area (Å²) in [5.41, 5.74) is 0.928. The number of aromatic nitrogens is 1. The number of carbonyl (C=O) groups excluding carboxylic acids is 2. The van der Waals surface area contributed by atoms with E-state index in [1.54, 1.807) is 24.2 Å². The first kappa shape index (κ1) is 16.4. The van der Waals surface area contributed by atoms with Crippen molar-refractivity contribution < 1.29 is 19.1 Å². The standard InChI is InChI=1S/C16H22N2O4/c1-2-21-15(19)7-9-18(12-13-5-3-8-17-11-13)16(20)14-6-4-10-22-14/h3,5,8,11,14H,2,4,6-7,9-10,12H2,1H3/t14-/m0/s1. The summed E-state index contributed by atoms with van der Waals surface area (Å²) in [7, 11) is 0. The number of esters is 1. The Hall–Kier alpha value is -1.95. The van der Waals surface area contributed by atoms with E-state index in [0.29, 0.717) is 26.3 Å². The summed E-state index contributed by atoms with van der Waals surface area (Å²) in [5.74, 6) is -0.357. The summed E-state index contributed by atoms with van der Waals surface area (Å²) in [4.78, 5) is 29.8. The van der Waals surface area contributed by atoms with Crippen LogP contribution in [-0.2, 0) is 25.6 Å². The van der Waals surface area contributed by atoms with E-state index in [9.17, 15) is 9.59 Å². The second-order valence-electron chi connectivity index (χ2n) is 5.18. The van der Waals surface area contributed by atoms with Crippen molar-refractivity contribution in [1.29, 1.82) is 0 Å². The smallest absolute Gasteiger partial charge is 0.307 e. The lowest BCUT2D eigenvalue weighted by Gasteiger charge is -2.25. The van der Waals surface area contributed by atoms with E-state index < -0.39 is 0 Å². The van der Waals surface area contributed by atoms with Gasteiger partial charge in [-0.2, -0.15) is 0 Å². The van der Waals surface area contributed by atoms with Crippen LogP contribution >= 0.6 is 0 Å². The average molecular weight is 306 g/mol. The van der Waals surface area contributed by atoms with Crippen molar-refractivity contribution in [3.63, 3.8) is 0 Å². The van der Waals surface area contributed by atoms with Gasteiger partial charge in [0.25, 0.3) is 5.91 Å². The Morgan fingerprint density at radius 3 is 3.00 bits per heavy atom. The van der Waals surface area contributed by atoms with Crippen molar-refractivity contribution in [2.45, 2.75) is 38.8 Å². The number of amides is 1. The molecule has 0 spiro atoms. The molecule has 0 bridgehead atoms. The predicted octanol–water partition coefficient (Wildman–Crippen LogP) is 1.54. The Kier molecular flexibility index (Phi) is 6.33. The van der Waals surface area contributed by atoms with Crippen LogP contribution in [0, 0.1) is 0 Å². The van der Waals surface area contributed by atoms with Crippen molar-refractivity contribution in [3.05, 3.63) is 30.1 Å². The summed E-state index contributed by atoms with van der Waals surface area (Å²) < 4.78 is 10.4. The van der Waals surface area contributed by atoms with Gasteiger partial charge in [-0.25, -0.2) is 0 Å². The second-order valence-corrected chi connectivity index (χ2v) is 5.18. The molecule has 1 aromatic heterocycles. The first-order valence-corrected chi connectivity index (χ1v) is 7.65. The monoisotopic (exact) mass is 306 g/mol. The topological polar surface area (TPSA) is 68.7 Å². The summed E-state index contributed by atoms with van der Waals surface area (Å²) in [6.45, 7) is 3.48. The lowest BCUT2D eigenvalue weighted by Crippen LogP contribution is -2.39. The molecule has 2 heterocycles. The molecule has 22 heavy (non-hydrogen) atoms. The maximum absolute atomic E-state index is 12.5. The molecule has 1 aliphatic rings. The van der Waals surface area contributed by atoms with E-state index in [0.717, 1.165) is 18.4 Å². The number of hydrogen-bond acceptors (Lipinski definition) is 5. The van der Waals surface area contributed by atoms with Crippen molar-refractivity contribution in [3.8, 4) is 0 Å². The molecule has 0 radical (unpaired) electrons. The van der Waals surface area contributed by atoms with Gasteiger partial charge in [0.05, 0.1) is 13.0 Å². The lowest BCUT2D eigenvalue weighted by atomic mass is 10.2. The average Bonchev–Trinajstić information content (AvgIpc) is 3.06. The van der Waals surface area contributed by atoms with Gasteiger partial charge in [0.1, 0.15) is 6.10 Å². The Labute approximate surface area is 130 Å². The molecular weight excluding hydrogens is 284 g/mol. The number of nitrogens with zero attached hydrogens (tertiary/aromatic N) is 2. The van der Waals surface area contributed by atoms with Crippen LogP contribution in [0.5, 0.6) is 0 Å². The number of carbonyl (C=O) groups is 2. The number of rotatable bonds is 7. The lowest BCUT2D eigenvalue weighted by molar-refractivity contribution is -0.146. The van der Waals surface area contributed by atoms with Crippen LogP contribution < -0.4 is 0 Å². The molecule has 6 heteroatoms. The normalized spacial score (nSPS) is 17.2. The van der Waals surface area contributed by atoms with Gasteiger partial charge in [-0.3, -0.25) is 14.6 Å². The SMILES string of the molecule is CCOC(=O)CCN(Cc1cccnc1)C(=O)[C@@H]1CCCO1. The van der Waals surface area contributed by atoms with Crippen LogP contribution in [-0.4, -0.2) is 47.6 Å². The molecule has 1 aromatic rings. The molecule has 6 nitrogen and oxygen atoms in total. The van der Waals surface area contributed by atoms with Gasteiger partial charge < -0.3 is 14.4 Å². The van der Waals surface area contributed by atoms with Gasteiger partial charge in [0.2, 0.25) is 0 Å². The van der Waals surface area contributed by atoms with Crippen LogP contribution in [0.2, 0.25) is 0 Å². The highest BCUT2D eigenvalue weighted by Gasteiger charge is 2.28. The number of pyridine rings is 1. The predicted molar refractivity (Wildman–Crippen MR) is 79.9 cm³/mol. The first-order valence-electron chi connectivity index (χ1n) is 7.65. The number of hydrogen-bond donors (Lipinski definition) is 0. The van der Waals surface area contributed by atoms with Gasteiger partial charge in [-0.15, -0.1) is 0 Å². The molecule has 120 valence electrons. The fraction of sp³-hybridized carbons (Fsp3) is 0.562. The molecule has 2 rings (SSSR count). The van der Waals surface area contributed by atoms with Gasteiger partial charge >= 0.3 is 5.97 Å². The minimum Gasteiger partial charge on any atom is -0.466 e. The van der Waals surface area contributed by atoms with Gasteiger partial charge in [-0.1, -0.05) is 6.07 Å². The summed E-state index contributed by atoms with van der Waals surface area (Å²) >= 11 is 0. The zero-order valence-corrected chi connectivity index (χ0v) is 12.9. The summed E-state index contributed by atoms with van der Waals surface area (Å²) in [6.07, 6.45) is 4.84. The Morgan fingerprint density at radius 2 is 2.36 bits per heavy atom. The van der Waals surface area contributed by atoms with Crippen LogP contribution in [0.25, 0.3) is 0 Å². The van der Waals surface area contributed by atoms with Crippen LogP contribution in [0.4, 0.5) is 0 Å². The quantitative estimate of drug-likeness (QED) is 0.715. The van der Waals surface area contributed by atoms with E-state index in [2.05, 4.69) is 4.98 Å². The molecule has 0 unspecified atom stereocenters. The van der Waals surface area contributed by atoms with Gasteiger partial charge in [0, 0.05) is 32.1 Å². The molecule has 1 atom stereocenters. The molecule has 1 saturated heterocycles. The minimum atomic E-state index is -0.390. The highest BCUT2D eigenvalue weighted by atomic mass is 16.5. The first-order chi connectivity index (χ1) is 10.7. The van der Waals surface area contributed by atoms with E-state index in [1.165, 1.54) is 0 Å². The third kappa shape index (κ3) is 4.80. The summed E-state index contributed by atoms with van der Waals surface area (Å²) in [6, 6.07) is 3.74. The summed E-state index contributed by atoms with van der Waals surface area (Å²) in [5, 5.41) is 0. The third-order valence-electron chi connectivity index (χ3n) is 3.50. The molecule has 1 fully saturated rings. The van der Waals surface area contributed by atoms with Gasteiger partial charge in [-0.05, 0) is 31.4 Å². The number of ether oxygens (including phenoxy) is 2. The van der Waals surface area contributed by atoms with Crippen LogP contribution in [0.3, 0.4) is 0 Å². The van der Waals surface area contributed by atoms with Crippen molar-refractivity contribution in [2.75, 3.05) is 19.8 Å². The van der Waals surface area contributed by atoms with Crippen LogP contribution in [0.1, 0.15) is 31.7 Å².